The Hall–Kier alpha value is -1.69. The number of anilines is 1. The molecule has 1 atom stereocenters. The van der Waals surface area contributed by atoms with E-state index in [1.54, 1.807) is 0 Å². The van der Waals surface area contributed by atoms with Crippen molar-refractivity contribution < 1.29 is 0 Å². The van der Waals surface area contributed by atoms with Crippen molar-refractivity contribution in [2.75, 3.05) is 70.9 Å². The zero-order chi connectivity index (χ0) is 23.9. The first kappa shape index (κ1) is 27.6. The Morgan fingerprint density at radius 3 is 2.18 bits per heavy atom. The van der Waals surface area contributed by atoms with E-state index in [4.69, 9.17) is 0 Å². The summed E-state index contributed by atoms with van der Waals surface area (Å²) < 4.78 is 0. The number of nitrogens with zero attached hydrogens (tertiary/aromatic N) is 5. The van der Waals surface area contributed by atoms with Crippen molar-refractivity contribution in [2.45, 2.75) is 59.4 Å². The van der Waals surface area contributed by atoms with E-state index in [1.165, 1.54) is 77.1 Å². The maximum Gasteiger partial charge on any atom is 0.128 e. The van der Waals surface area contributed by atoms with Crippen LogP contribution in [0.3, 0.4) is 0 Å². The minimum absolute atomic E-state index is 0.622. The summed E-state index contributed by atoms with van der Waals surface area (Å²) >= 11 is 0. The van der Waals surface area contributed by atoms with Crippen LogP contribution in [-0.4, -0.2) is 91.7 Å². The van der Waals surface area contributed by atoms with Gasteiger partial charge in [0, 0.05) is 58.1 Å². The lowest BCUT2D eigenvalue weighted by Crippen LogP contribution is -2.52. The fraction of sp³-hybridized carbons (Fsp3) is 0.679. The fourth-order valence-electron chi connectivity index (χ4n) is 4.75. The first-order valence-electron chi connectivity index (χ1n) is 13.4. The van der Waals surface area contributed by atoms with Crippen LogP contribution in [-0.2, 0) is 0 Å². The molecule has 1 aromatic rings. The Labute approximate surface area is 204 Å². The summed E-state index contributed by atoms with van der Waals surface area (Å²) in [6.45, 7) is 19.2. The third-order valence-corrected chi connectivity index (χ3v) is 6.57. The van der Waals surface area contributed by atoms with Gasteiger partial charge in [-0.1, -0.05) is 52.0 Å². The standard InChI is InChI=1S/C14H24N2.C12H19N3.C2H6/c1-3-9-16-11-10-15(2)14(12-16)13-7-5-4-6-8-13;1-2-7-14-8-10-15(11-9-14)12-5-3-4-6-13-12;1-2/h5,7-8,14H,3-4,6,9-12H2,1-2H3;3-6H,2,7-11H2,1H3;1-2H3. The van der Waals surface area contributed by atoms with Crippen molar-refractivity contribution >= 4 is 5.82 Å². The number of hydrogen-bond donors (Lipinski definition) is 0. The molecule has 5 nitrogen and oxygen atoms in total. The minimum Gasteiger partial charge on any atom is -0.354 e. The third kappa shape index (κ3) is 9.23. The molecule has 4 rings (SSSR count). The second-order valence-corrected chi connectivity index (χ2v) is 9.00. The molecule has 0 N–H and O–H groups in total. The Morgan fingerprint density at radius 2 is 1.58 bits per heavy atom. The van der Waals surface area contributed by atoms with Crippen LogP contribution in [0.1, 0.15) is 53.4 Å². The normalized spacial score (nSPS) is 22.0. The smallest absolute Gasteiger partial charge is 0.128 e. The van der Waals surface area contributed by atoms with E-state index in [9.17, 15) is 0 Å². The van der Waals surface area contributed by atoms with Crippen molar-refractivity contribution in [3.63, 3.8) is 0 Å². The molecular weight excluding hydrogens is 406 g/mol. The van der Waals surface area contributed by atoms with Gasteiger partial charge in [0.15, 0.2) is 0 Å². The predicted octanol–water partition coefficient (Wildman–Crippen LogP) is 4.93. The van der Waals surface area contributed by atoms with Crippen LogP contribution in [0.2, 0.25) is 0 Å². The average Bonchev–Trinajstić information content (AvgIpc) is 2.89. The number of hydrogen-bond acceptors (Lipinski definition) is 5. The molecular formula is C28H49N5. The van der Waals surface area contributed by atoms with E-state index in [0.29, 0.717) is 6.04 Å². The average molecular weight is 456 g/mol. The summed E-state index contributed by atoms with van der Waals surface area (Å²) in [5, 5.41) is 0. The van der Waals surface area contributed by atoms with Gasteiger partial charge in [0.2, 0.25) is 0 Å². The predicted molar refractivity (Wildman–Crippen MR) is 144 cm³/mol. The van der Waals surface area contributed by atoms with E-state index in [-0.39, 0.29) is 0 Å². The maximum absolute atomic E-state index is 4.38. The van der Waals surface area contributed by atoms with E-state index in [0.717, 1.165) is 18.9 Å². The topological polar surface area (TPSA) is 25.9 Å². The summed E-state index contributed by atoms with van der Waals surface area (Å²) in [6, 6.07) is 6.74. The Balaban J connectivity index is 0.000000218. The van der Waals surface area contributed by atoms with Crippen LogP contribution in [0.4, 0.5) is 5.82 Å². The Morgan fingerprint density at radius 1 is 0.879 bits per heavy atom. The highest BCUT2D eigenvalue weighted by atomic mass is 15.3. The summed E-state index contributed by atoms with van der Waals surface area (Å²) in [6.07, 6.45) is 13.9. The summed E-state index contributed by atoms with van der Waals surface area (Å²) in [4.78, 5) is 14.4. The first-order chi connectivity index (χ1) is 16.2. The number of pyridine rings is 1. The van der Waals surface area contributed by atoms with Gasteiger partial charge in [-0.3, -0.25) is 9.80 Å². The van der Waals surface area contributed by atoms with Gasteiger partial charge < -0.3 is 9.80 Å². The van der Waals surface area contributed by atoms with Crippen molar-refractivity contribution in [1.29, 1.82) is 0 Å². The molecule has 2 fully saturated rings. The van der Waals surface area contributed by atoms with Gasteiger partial charge in [0.05, 0.1) is 0 Å². The van der Waals surface area contributed by atoms with Gasteiger partial charge in [-0.25, -0.2) is 4.98 Å². The molecule has 1 aromatic heterocycles. The molecule has 1 unspecified atom stereocenters. The number of piperazine rings is 2. The lowest BCUT2D eigenvalue weighted by atomic mass is 9.97. The molecule has 1 aliphatic carbocycles. The van der Waals surface area contributed by atoms with E-state index in [2.05, 4.69) is 75.8 Å². The summed E-state index contributed by atoms with van der Waals surface area (Å²) in [5.41, 5.74) is 1.54. The van der Waals surface area contributed by atoms with Crippen LogP contribution >= 0.6 is 0 Å². The molecule has 2 saturated heterocycles. The zero-order valence-electron chi connectivity index (χ0n) is 22.0. The molecule has 186 valence electrons. The molecule has 2 aliphatic heterocycles. The molecule has 3 heterocycles. The van der Waals surface area contributed by atoms with Crippen molar-refractivity contribution in [3.05, 3.63) is 48.2 Å². The molecule has 0 amide bonds. The van der Waals surface area contributed by atoms with E-state index >= 15 is 0 Å². The number of rotatable bonds is 6. The zero-order valence-corrected chi connectivity index (χ0v) is 22.0. The fourth-order valence-corrected chi connectivity index (χ4v) is 4.75. The van der Waals surface area contributed by atoms with Crippen LogP contribution in [0.15, 0.2) is 48.2 Å². The molecule has 5 heteroatoms. The van der Waals surface area contributed by atoms with Crippen LogP contribution in [0.5, 0.6) is 0 Å². The summed E-state index contributed by atoms with van der Waals surface area (Å²) in [5.74, 6) is 1.12. The quantitative estimate of drug-likeness (QED) is 0.606. The maximum atomic E-state index is 4.38. The molecule has 0 spiro atoms. The monoisotopic (exact) mass is 455 g/mol. The van der Waals surface area contributed by atoms with E-state index < -0.39 is 0 Å². The van der Waals surface area contributed by atoms with Gasteiger partial charge in [0.1, 0.15) is 5.82 Å². The van der Waals surface area contributed by atoms with Gasteiger partial charge in [-0.05, 0) is 63.5 Å². The van der Waals surface area contributed by atoms with Crippen LogP contribution in [0.25, 0.3) is 0 Å². The number of allylic oxidation sites excluding steroid dienone is 2. The van der Waals surface area contributed by atoms with Gasteiger partial charge in [-0.2, -0.15) is 0 Å². The highest BCUT2D eigenvalue weighted by Gasteiger charge is 2.25. The van der Waals surface area contributed by atoms with E-state index in [1.807, 2.05) is 26.1 Å². The third-order valence-electron chi connectivity index (χ3n) is 6.57. The SMILES string of the molecule is CC.CCCN1CCN(C)C(C2=CCCC=C2)C1.CCCN1CCN(c2ccccn2)CC1. The minimum atomic E-state index is 0.622. The Bertz CT molecular complexity index is 679. The van der Waals surface area contributed by atoms with Crippen molar-refractivity contribution in [3.8, 4) is 0 Å². The highest BCUT2D eigenvalue weighted by molar-refractivity contribution is 5.38. The van der Waals surface area contributed by atoms with Crippen LogP contribution < -0.4 is 4.90 Å². The lowest BCUT2D eigenvalue weighted by Gasteiger charge is -2.40. The molecule has 3 aliphatic rings. The molecule has 0 radical (unpaired) electrons. The summed E-state index contributed by atoms with van der Waals surface area (Å²) in [7, 11) is 2.26. The second kappa shape index (κ2) is 16.0. The largest absolute Gasteiger partial charge is 0.354 e. The lowest BCUT2D eigenvalue weighted by molar-refractivity contribution is 0.115. The molecule has 0 aromatic carbocycles. The van der Waals surface area contributed by atoms with Gasteiger partial charge in [-0.15, -0.1) is 0 Å². The van der Waals surface area contributed by atoms with Crippen molar-refractivity contribution in [2.24, 2.45) is 0 Å². The van der Waals surface area contributed by atoms with Crippen LogP contribution in [0, 0.1) is 0 Å². The first-order valence-corrected chi connectivity index (χ1v) is 13.4. The molecule has 0 bridgehead atoms. The number of aromatic nitrogens is 1. The molecule has 0 saturated carbocycles. The van der Waals surface area contributed by atoms with Gasteiger partial charge >= 0.3 is 0 Å². The van der Waals surface area contributed by atoms with Crippen molar-refractivity contribution in [1.82, 2.24) is 19.7 Å². The molecule has 33 heavy (non-hydrogen) atoms. The Kier molecular flexibility index (Phi) is 13.4. The highest BCUT2D eigenvalue weighted by Crippen LogP contribution is 2.21. The second-order valence-electron chi connectivity index (χ2n) is 9.00. The van der Waals surface area contributed by atoms with Gasteiger partial charge in [0.25, 0.3) is 0 Å². The number of likely N-dealkylation sites (N-methyl/N-ethyl adjacent to an activating group) is 1.